The number of rotatable bonds is 10. The van der Waals surface area contributed by atoms with Gasteiger partial charge in [-0.15, -0.1) is 0 Å². The fourth-order valence-corrected chi connectivity index (χ4v) is 4.20. The molecule has 1 heterocycles. The van der Waals surface area contributed by atoms with Gasteiger partial charge in [-0.3, -0.25) is 9.36 Å². The van der Waals surface area contributed by atoms with Gasteiger partial charge in [-0.2, -0.15) is 0 Å². The molecule has 1 N–H and O–H groups in total. The van der Waals surface area contributed by atoms with E-state index in [1.807, 2.05) is 44.2 Å². The highest BCUT2D eigenvalue weighted by atomic mass is 16.5. The first-order chi connectivity index (χ1) is 16.9. The molecule has 0 spiro atoms. The Hall–Kier alpha value is -3.60. The Bertz CT molecular complexity index is 1290. The number of aromatic nitrogens is 2. The van der Waals surface area contributed by atoms with E-state index in [2.05, 4.69) is 60.1 Å². The number of carbonyl (C=O) groups is 1. The van der Waals surface area contributed by atoms with Gasteiger partial charge < -0.3 is 10.1 Å². The lowest BCUT2D eigenvalue weighted by molar-refractivity contribution is -0.121. The van der Waals surface area contributed by atoms with Crippen molar-refractivity contribution in [2.24, 2.45) is 0 Å². The van der Waals surface area contributed by atoms with Crippen LogP contribution < -0.4 is 10.1 Å². The number of nitrogens with zero attached hydrogens (tertiary/aromatic N) is 2. The Morgan fingerprint density at radius 1 is 0.943 bits per heavy atom. The number of hydrogen-bond acceptors (Lipinski definition) is 3. The third-order valence-corrected chi connectivity index (χ3v) is 6.17. The first-order valence-electron chi connectivity index (χ1n) is 12.5. The summed E-state index contributed by atoms with van der Waals surface area (Å²) >= 11 is 0. The van der Waals surface area contributed by atoms with Crippen LogP contribution in [-0.2, 0) is 4.79 Å². The topological polar surface area (TPSA) is 56.2 Å². The average Bonchev–Trinajstić information content (AvgIpc) is 3.22. The van der Waals surface area contributed by atoms with Gasteiger partial charge in [0.05, 0.1) is 17.6 Å². The number of aryl methyl sites for hydroxylation is 2. The highest BCUT2D eigenvalue weighted by molar-refractivity contribution is 5.84. The normalized spacial score (nSPS) is 11.2. The van der Waals surface area contributed by atoms with Crippen molar-refractivity contribution in [3.63, 3.8) is 0 Å². The molecule has 0 fully saturated rings. The molecule has 0 radical (unpaired) electrons. The van der Waals surface area contributed by atoms with E-state index in [4.69, 9.17) is 9.72 Å². The van der Waals surface area contributed by atoms with E-state index in [9.17, 15) is 4.79 Å². The molecule has 1 amide bonds. The predicted octanol–water partition coefficient (Wildman–Crippen LogP) is 6.77. The minimum Gasteiger partial charge on any atom is -0.494 e. The molecule has 3 aromatic carbocycles. The first-order valence-corrected chi connectivity index (χ1v) is 12.5. The SMILES string of the molecule is Cc1ccc(-n2c(-c3ccccc3)nc3ccc(OCCCCCC(=O)NC(C)C)cc32)cc1C. The molecule has 0 bridgehead atoms. The quantitative estimate of drug-likeness (QED) is 0.261. The van der Waals surface area contributed by atoms with E-state index in [-0.39, 0.29) is 11.9 Å². The number of imidazole rings is 1. The summed E-state index contributed by atoms with van der Waals surface area (Å²) in [5.74, 6) is 1.88. The molecule has 0 saturated heterocycles. The monoisotopic (exact) mass is 469 g/mol. The van der Waals surface area contributed by atoms with Gasteiger partial charge >= 0.3 is 0 Å². The van der Waals surface area contributed by atoms with Crippen LogP contribution >= 0.6 is 0 Å². The summed E-state index contributed by atoms with van der Waals surface area (Å²) in [6.45, 7) is 8.86. The van der Waals surface area contributed by atoms with Crippen molar-refractivity contribution >= 4 is 16.9 Å². The Kier molecular flexibility index (Phi) is 7.86. The third kappa shape index (κ3) is 6.10. The summed E-state index contributed by atoms with van der Waals surface area (Å²) < 4.78 is 8.31. The number of benzene rings is 3. The maximum atomic E-state index is 11.8. The van der Waals surface area contributed by atoms with Gasteiger partial charge in [-0.05, 0) is 82.3 Å². The average molecular weight is 470 g/mol. The predicted molar refractivity (Wildman–Crippen MR) is 143 cm³/mol. The second kappa shape index (κ2) is 11.2. The van der Waals surface area contributed by atoms with Crippen molar-refractivity contribution in [3.8, 4) is 22.8 Å². The van der Waals surface area contributed by atoms with E-state index >= 15 is 0 Å². The number of amides is 1. The lowest BCUT2D eigenvalue weighted by Gasteiger charge is -2.12. The van der Waals surface area contributed by atoms with Gasteiger partial charge in [0, 0.05) is 29.8 Å². The number of unbranched alkanes of at least 4 members (excludes halogenated alkanes) is 2. The molecule has 0 aliphatic carbocycles. The Morgan fingerprint density at radius 3 is 2.49 bits per heavy atom. The molecule has 0 unspecified atom stereocenters. The molecule has 4 rings (SSSR count). The molecule has 35 heavy (non-hydrogen) atoms. The number of hydrogen-bond donors (Lipinski definition) is 1. The van der Waals surface area contributed by atoms with Gasteiger partial charge in [-0.25, -0.2) is 4.98 Å². The summed E-state index contributed by atoms with van der Waals surface area (Å²) in [5, 5.41) is 2.94. The molecular formula is C30H35N3O2. The minimum absolute atomic E-state index is 0.125. The van der Waals surface area contributed by atoms with Crippen molar-refractivity contribution in [2.45, 2.75) is 59.4 Å². The zero-order valence-corrected chi connectivity index (χ0v) is 21.2. The number of fused-ring (bicyclic) bond motifs is 1. The van der Waals surface area contributed by atoms with Crippen molar-refractivity contribution in [1.82, 2.24) is 14.9 Å². The summed E-state index contributed by atoms with van der Waals surface area (Å²) in [4.78, 5) is 16.8. The second-order valence-electron chi connectivity index (χ2n) is 9.44. The Balaban J connectivity index is 1.53. The van der Waals surface area contributed by atoms with Gasteiger partial charge in [0.25, 0.3) is 0 Å². The van der Waals surface area contributed by atoms with Crippen molar-refractivity contribution < 1.29 is 9.53 Å². The smallest absolute Gasteiger partial charge is 0.220 e. The number of nitrogens with one attached hydrogen (secondary N) is 1. The maximum absolute atomic E-state index is 11.8. The highest BCUT2D eigenvalue weighted by Gasteiger charge is 2.15. The van der Waals surface area contributed by atoms with Gasteiger partial charge in [-0.1, -0.05) is 36.4 Å². The summed E-state index contributed by atoms with van der Waals surface area (Å²) in [7, 11) is 0. The van der Waals surface area contributed by atoms with Gasteiger partial charge in [0.15, 0.2) is 0 Å². The van der Waals surface area contributed by atoms with Crippen LogP contribution in [0.4, 0.5) is 0 Å². The van der Waals surface area contributed by atoms with Crippen molar-refractivity contribution in [1.29, 1.82) is 0 Å². The summed E-state index contributed by atoms with van der Waals surface area (Å²) in [6.07, 6.45) is 3.33. The molecule has 4 aromatic rings. The van der Waals surface area contributed by atoms with Crippen LogP contribution in [-0.4, -0.2) is 28.1 Å². The zero-order chi connectivity index (χ0) is 24.8. The zero-order valence-electron chi connectivity index (χ0n) is 21.2. The number of ether oxygens (including phenoxy) is 1. The molecular weight excluding hydrogens is 434 g/mol. The van der Waals surface area contributed by atoms with Crippen LogP contribution in [0.25, 0.3) is 28.1 Å². The molecule has 0 saturated carbocycles. The van der Waals surface area contributed by atoms with Crippen LogP contribution in [0.2, 0.25) is 0 Å². The molecule has 0 aliphatic rings. The molecule has 0 aliphatic heterocycles. The summed E-state index contributed by atoms with van der Waals surface area (Å²) in [5.41, 5.74) is 6.64. The van der Waals surface area contributed by atoms with Crippen LogP contribution in [0, 0.1) is 13.8 Å². The molecule has 1 aromatic heterocycles. The van der Waals surface area contributed by atoms with Crippen molar-refractivity contribution in [2.75, 3.05) is 6.61 Å². The largest absolute Gasteiger partial charge is 0.494 e. The van der Waals surface area contributed by atoms with E-state index < -0.39 is 0 Å². The van der Waals surface area contributed by atoms with Gasteiger partial charge in [0.1, 0.15) is 11.6 Å². The third-order valence-electron chi connectivity index (χ3n) is 6.17. The lowest BCUT2D eigenvalue weighted by atomic mass is 10.1. The molecule has 5 heteroatoms. The van der Waals surface area contributed by atoms with E-state index in [1.54, 1.807) is 0 Å². The standard InChI is InChI=1S/C30H35N3O2/c1-21(2)31-29(34)13-9-6-10-18-35-26-16-17-27-28(20-26)33(25-15-14-22(3)23(4)19-25)30(32-27)24-11-7-5-8-12-24/h5,7-8,11-12,14-17,19-21H,6,9-10,13,18H2,1-4H3,(H,31,34). The van der Waals surface area contributed by atoms with E-state index in [0.29, 0.717) is 13.0 Å². The van der Waals surface area contributed by atoms with E-state index in [0.717, 1.165) is 53.1 Å². The Labute approximate surface area is 208 Å². The highest BCUT2D eigenvalue weighted by Crippen LogP contribution is 2.31. The first kappa shape index (κ1) is 24.5. The van der Waals surface area contributed by atoms with Crippen molar-refractivity contribution in [3.05, 3.63) is 77.9 Å². The molecule has 0 atom stereocenters. The summed E-state index contributed by atoms with van der Waals surface area (Å²) in [6, 6.07) is 23.1. The minimum atomic E-state index is 0.125. The fraction of sp³-hybridized carbons (Fsp3) is 0.333. The maximum Gasteiger partial charge on any atom is 0.220 e. The van der Waals surface area contributed by atoms with Crippen LogP contribution in [0.3, 0.4) is 0 Å². The van der Waals surface area contributed by atoms with Gasteiger partial charge in [0.2, 0.25) is 5.91 Å². The van der Waals surface area contributed by atoms with E-state index in [1.165, 1.54) is 11.1 Å². The van der Waals surface area contributed by atoms with Crippen LogP contribution in [0.5, 0.6) is 5.75 Å². The molecule has 182 valence electrons. The number of carbonyl (C=O) groups excluding carboxylic acids is 1. The van der Waals surface area contributed by atoms with Crippen LogP contribution in [0.15, 0.2) is 66.7 Å². The second-order valence-corrected chi connectivity index (χ2v) is 9.44. The Morgan fingerprint density at radius 2 is 1.74 bits per heavy atom. The fourth-order valence-electron chi connectivity index (χ4n) is 4.20. The van der Waals surface area contributed by atoms with Crippen LogP contribution in [0.1, 0.15) is 50.7 Å². The molecule has 5 nitrogen and oxygen atoms in total. The lowest BCUT2D eigenvalue weighted by Crippen LogP contribution is -2.29.